The highest BCUT2D eigenvalue weighted by Crippen LogP contribution is 2.23. The highest BCUT2D eigenvalue weighted by atomic mass is 16.5. The molecule has 0 unspecified atom stereocenters. The van der Waals surface area contributed by atoms with E-state index in [1.54, 1.807) is 24.3 Å². The van der Waals surface area contributed by atoms with Gasteiger partial charge in [0, 0.05) is 12.6 Å². The van der Waals surface area contributed by atoms with Gasteiger partial charge >= 0.3 is 0 Å². The lowest BCUT2D eigenvalue weighted by atomic mass is 10.2. The number of hydrogen-bond donors (Lipinski definition) is 1. The van der Waals surface area contributed by atoms with Gasteiger partial charge in [-0.15, -0.1) is 0 Å². The zero-order chi connectivity index (χ0) is 13.5. The Morgan fingerprint density at radius 2 is 2.16 bits per heavy atom. The minimum Gasteiger partial charge on any atom is -0.437 e. The molecule has 0 amide bonds. The Morgan fingerprint density at radius 3 is 2.95 bits per heavy atom. The average molecular weight is 254 g/mol. The van der Waals surface area contributed by atoms with Gasteiger partial charge in [-0.1, -0.05) is 19.1 Å². The van der Waals surface area contributed by atoms with Crippen molar-refractivity contribution in [3.8, 4) is 17.7 Å². The number of aromatic nitrogens is 2. The van der Waals surface area contributed by atoms with Crippen molar-refractivity contribution in [1.82, 2.24) is 9.97 Å². The topological polar surface area (TPSA) is 70.8 Å². The summed E-state index contributed by atoms with van der Waals surface area (Å²) in [5.41, 5.74) is 0.476. The summed E-state index contributed by atoms with van der Waals surface area (Å²) >= 11 is 0. The molecular weight excluding hydrogens is 240 g/mol. The Balaban J connectivity index is 2.17. The lowest BCUT2D eigenvalue weighted by molar-refractivity contribution is 0.460. The zero-order valence-corrected chi connectivity index (χ0v) is 10.6. The molecule has 2 aromatic rings. The molecule has 0 bridgehead atoms. The summed E-state index contributed by atoms with van der Waals surface area (Å²) in [6.07, 6.45) is 2.44. The number of para-hydroxylation sites is 1. The Bertz CT molecular complexity index is 592. The SMILES string of the molecule is CCCNc1cc(Oc2ccccc2C#N)ncn1. The molecule has 19 heavy (non-hydrogen) atoms. The predicted molar refractivity (Wildman–Crippen MR) is 72.0 cm³/mol. The first-order valence-corrected chi connectivity index (χ1v) is 6.06. The van der Waals surface area contributed by atoms with Crippen LogP contribution in [0, 0.1) is 11.3 Å². The number of ether oxygens (including phenoxy) is 1. The van der Waals surface area contributed by atoms with Crippen molar-refractivity contribution in [2.24, 2.45) is 0 Å². The summed E-state index contributed by atoms with van der Waals surface area (Å²) < 4.78 is 5.61. The van der Waals surface area contributed by atoms with Crippen LogP contribution in [0.15, 0.2) is 36.7 Å². The monoisotopic (exact) mass is 254 g/mol. The van der Waals surface area contributed by atoms with Crippen LogP contribution in [-0.2, 0) is 0 Å². The molecule has 0 saturated heterocycles. The van der Waals surface area contributed by atoms with Crippen molar-refractivity contribution in [1.29, 1.82) is 5.26 Å². The maximum Gasteiger partial charge on any atom is 0.224 e. The fraction of sp³-hybridized carbons (Fsp3) is 0.214. The van der Waals surface area contributed by atoms with E-state index in [0.29, 0.717) is 23.0 Å². The van der Waals surface area contributed by atoms with Gasteiger partial charge in [0.05, 0.1) is 5.56 Å². The van der Waals surface area contributed by atoms with Gasteiger partial charge in [0.1, 0.15) is 24.0 Å². The molecule has 5 nitrogen and oxygen atoms in total. The van der Waals surface area contributed by atoms with E-state index in [9.17, 15) is 0 Å². The molecule has 0 aliphatic carbocycles. The molecule has 0 atom stereocenters. The standard InChI is InChI=1S/C14H14N4O/c1-2-7-16-13-8-14(18-10-17-13)19-12-6-4-3-5-11(12)9-15/h3-6,8,10H,2,7H2,1H3,(H,16,17,18). The first-order chi connectivity index (χ1) is 9.33. The summed E-state index contributed by atoms with van der Waals surface area (Å²) in [6, 6.07) is 10.8. The molecule has 0 saturated carbocycles. The first kappa shape index (κ1) is 12.8. The second-order valence-corrected chi connectivity index (χ2v) is 3.88. The first-order valence-electron chi connectivity index (χ1n) is 6.06. The lowest BCUT2D eigenvalue weighted by Crippen LogP contribution is -2.02. The van der Waals surface area contributed by atoms with E-state index in [1.165, 1.54) is 6.33 Å². The van der Waals surface area contributed by atoms with E-state index in [2.05, 4.69) is 28.3 Å². The van der Waals surface area contributed by atoms with E-state index in [1.807, 2.05) is 6.07 Å². The van der Waals surface area contributed by atoms with Crippen LogP contribution in [0.25, 0.3) is 0 Å². The quantitative estimate of drug-likeness (QED) is 0.888. The molecule has 96 valence electrons. The highest BCUT2D eigenvalue weighted by molar-refractivity contribution is 5.45. The average Bonchev–Trinajstić information content (AvgIpc) is 2.46. The number of nitrogens with zero attached hydrogens (tertiary/aromatic N) is 3. The minimum absolute atomic E-state index is 0.413. The van der Waals surface area contributed by atoms with Crippen LogP contribution in [-0.4, -0.2) is 16.5 Å². The number of nitrogens with one attached hydrogen (secondary N) is 1. The third kappa shape index (κ3) is 3.42. The molecule has 5 heteroatoms. The number of hydrogen-bond acceptors (Lipinski definition) is 5. The summed E-state index contributed by atoms with van der Waals surface area (Å²) in [5, 5.41) is 12.1. The summed E-state index contributed by atoms with van der Waals surface area (Å²) in [6.45, 7) is 2.92. The molecule has 0 fully saturated rings. The van der Waals surface area contributed by atoms with Gasteiger partial charge in [-0.25, -0.2) is 9.97 Å². The summed E-state index contributed by atoms with van der Waals surface area (Å²) in [7, 11) is 0. The molecule has 0 radical (unpaired) electrons. The van der Waals surface area contributed by atoms with Gasteiger partial charge in [0.25, 0.3) is 0 Å². The maximum absolute atomic E-state index is 8.99. The van der Waals surface area contributed by atoms with Crippen LogP contribution >= 0.6 is 0 Å². The number of benzene rings is 1. The lowest BCUT2D eigenvalue weighted by Gasteiger charge is -2.08. The molecule has 0 aliphatic rings. The summed E-state index contributed by atoms with van der Waals surface area (Å²) in [5.74, 6) is 1.61. The minimum atomic E-state index is 0.413. The Labute approximate surface area is 111 Å². The predicted octanol–water partition coefficient (Wildman–Crippen LogP) is 2.96. The molecule has 2 rings (SSSR count). The van der Waals surface area contributed by atoms with Gasteiger partial charge in [0.2, 0.25) is 5.88 Å². The van der Waals surface area contributed by atoms with Crippen molar-refractivity contribution in [2.75, 3.05) is 11.9 Å². The molecule has 1 aromatic carbocycles. The molecule has 0 aliphatic heterocycles. The van der Waals surface area contributed by atoms with Crippen LogP contribution < -0.4 is 10.1 Å². The van der Waals surface area contributed by atoms with E-state index < -0.39 is 0 Å². The Kier molecular flexibility index (Phi) is 4.29. The van der Waals surface area contributed by atoms with Gasteiger partial charge < -0.3 is 10.1 Å². The number of rotatable bonds is 5. The maximum atomic E-state index is 8.99. The molecule has 0 spiro atoms. The Morgan fingerprint density at radius 1 is 1.32 bits per heavy atom. The van der Waals surface area contributed by atoms with Crippen LogP contribution in [0.5, 0.6) is 11.6 Å². The zero-order valence-electron chi connectivity index (χ0n) is 10.6. The third-order valence-corrected chi connectivity index (χ3v) is 2.42. The van der Waals surface area contributed by atoms with Crippen molar-refractivity contribution in [3.05, 3.63) is 42.2 Å². The molecule has 1 N–H and O–H groups in total. The normalized spacial score (nSPS) is 9.68. The second kappa shape index (κ2) is 6.36. The van der Waals surface area contributed by atoms with Gasteiger partial charge in [-0.05, 0) is 18.6 Å². The Hall–Kier alpha value is -2.61. The van der Waals surface area contributed by atoms with E-state index in [-0.39, 0.29) is 0 Å². The molecule has 1 aromatic heterocycles. The third-order valence-electron chi connectivity index (χ3n) is 2.42. The smallest absolute Gasteiger partial charge is 0.224 e. The van der Waals surface area contributed by atoms with Crippen molar-refractivity contribution >= 4 is 5.82 Å². The van der Waals surface area contributed by atoms with E-state index >= 15 is 0 Å². The van der Waals surface area contributed by atoms with Crippen molar-refractivity contribution in [3.63, 3.8) is 0 Å². The van der Waals surface area contributed by atoms with Gasteiger partial charge in [0.15, 0.2) is 0 Å². The summed E-state index contributed by atoms with van der Waals surface area (Å²) in [4.78, 5) is 8.13. The van der Waals surface area contributed by atoms with Crippen LogP contribution in [0.4, 0.5) is 5.82 Å². The second-order valence-electron chi connectivity index (χ2n) is 3.88. The highest BCUT2D eigenvalue weighted by Gasteiger charge is 2.05. The fourth-order valence-electron chi connectivity index (χ4n) is 1.51. The van der Waals surface area contributed by atoms with E-state index in [0.717, 1.165) is 13.0 Å². The van der Waals surface area contributed by atoms with E-state index in [4.69, 9.17) is 10.00 Å². The number of nitriles is 1. The fourth-order valence-corrected chi connectivity index (χ4v) is 1.51. The van der Waals surface area contributed by atoms with Crippen LogP contribution in [0.2, 0.25) is 0 Å². The van der Waals surface area contributed by atoms with Crippen LogP contribution in [0.3, 0.4) is 0 Å². The molecule has 1 heterocycles. The van der Waals surface area contributed by atoms with Crippen LogP contribution in [0.1, 0.15) is 18.9 Å². The van der Waals surface area contributed by atoms with Crippen molar-refractivity contribution in [2.45, 2.75) is 13.3 Å². The molecular formula is C14H14N4O. The van der Waals surface area contributed by atoms with Gasteiger partial charge in [-0.2, -0.15) is 5.26 Å². The number of anilines is 1. The largest absolute Gasteiger partial charge is 0.437 e. The van der Waals surface area contributed by atoms with Crippen molar-refractivity contribution < 1.29 is 4.74 Å². The van der Waals surface area contributed by atoms with Gasteiger partial charge in [-0.3, -0.25) is 0 Å².